The Morgan fingerprint density at radius 3 is 2.74 bits per heavy atom. The molecule has 0 heterocycles. The SMILES string of the molecule is CCc1ccc2c(c1)C(NCC1CCCCC1)=C(C#N)C(=O)C2. The minimum Gasteiger partial charge on any atom is -0.383 e. The smallest absolute Gasteiger partial charge is 0.179 e. The molecule has 0 amide bonds. The summed E-state index contributed by atoms with van der Waals surface area (Å²) < 4.78 is 0. The fourth-order valence-electron chi connectivity index (χ4n) is 3.71. The number of hydrogen-bond acceptors (Lipinski definition) is 3. The van der Waals surface area contributed by atoms with Crippen molar-refractivity contribution in [1.29, 1.82) is 5.26 Å². The Bertz CT molecular complexity index is 675. The molecule has 0 bridgehead atoms. The van der Waals surface area contributed by atoms with Crippen LogP contribution in [0.25, 0.3) is 5.70 Å². The first-order valence-electron chi connectivity index (χ1n) is 8.76. The highest BCUT2D eigenvalue weighted by molar-refractivity contribution is 6.09. The second kappa shape index (κ2) is 7.00. The van der Waals surface area contributed by atoms with E-state index in [4.69, 9.17) is 0 Å². The van der Waals surface area contributed by atoms with Crippen LogP contribution in [0.15, 0.2) is 23.8 Å². The Kier molecular flexibility index (Phi) is 4.81. The summed E-state index contributed by atoms with van der Waals surface area (Å²) in [4.78, 5) is 12.3. The van der Waals surface area contributed by atoms with Crippen LogP contribution in [-0.2, 0) is 17.6 Å². The molecule has 1 aromatic carbocycles. The zero-order valence-electron chi connectivity index (χ0n) is 13.8. The van der Waals surface area contributed by atoms with Crippen molar-refractivity contribution in [2.24, 2.45) is 5.92 Å². The number of ketones is 1. The van der Waals surface area contributed by atoms with E-state index in [-0.39, 0.29) is 5.78 Å². The third-order valence-electron chi connectivity index (χ3n) is 5.14. The monoisotopic (exact) mass is 308 g/mol. The number of allylic oxidation sites excluding steroid dienone is 1. The molecular weight excluding hydrogens is 284 g/mol. The number of fused-ring (bicyclic) bond motifs is 1. The van der Waals surface area contributed by atoms with Crippen LogP contribution < -0.4 is 5.32 Å². The molecule has 120 valence electrons. The molecule has 0 spiro atoms. The predicted molar refractivity (Wildman–Crippen MR) is 91.6 cm³/mol. The Morgan fingerprint density at radius 1 is 1.26 bits per heavy atom. The van der Waals surface area contributed by atoms with Gasteiger partial charge in [0.25, 0.3) is 0 Å². The minimum absolute atomic E-state index is 0.0598. The Hall–Kier alpha value is -2.08. The molecule has 0 unspecified atom stereocenters. The molecule has 1 fully saturated rings. The second-order valence-electron chi connectivity index (χ2n) is 6.69. The first-order valence-corrected chi connectivity index (χ1v) is 8.76. The Balaban J connectivity index is 1.90. The molecule has 0 atom stereocenters. The molecular formula is C20H24N2O. The molecule has 1 saturated carbocycles. The van der Waals surface area contributed by atoms with E-state index in [0.717, 1.165) is 29.8 Å². The quantitative estimate of drug-likeness (QED) is 0.921. The molecule has 0 aromatic heterocycles. The maximum Gasteiger partial charge on any atom is 0.179 e. The molecule has 3 rings (SSSR count). The number of nitrogens with zero attached hydrogens (tertiary/aromatic N) is 1. The fraction of sp³-hybridized carbons (Fsp3) is 0.500. The number of hydrogen-bond donors (Lipinski definition) is 1. The largest absolute Gasteiger partial charge is 0.383 e. The second-order valence-corrected chi connectivity index (χ2v) is 6.69. The zero-order chi connectivity index (χ0) is 16.2. The number of nitrogens with one attached hydrogen (secondary N) is 1. The number of nitriles is 1. The van der Waals surface area contributed by atoms with Gasteiger partial charge in [-0.25, -0.2) is 0 Å². The summed E-state index contributed by atoms with van der Waals surface area (Å²) in [7, 11) is 0. The first kappa shape index (κ1) is 15.8. The third kappa shape index (κ3) is 3.32. The van der Waals surface area contributed by atoms with Crippen LogP contribution in [-0.4, -0.2) is 12.3 Å². The lowest BCUT2D eigenvalue weighted by molar-refractivity contribution is -0.114. The standard InChI is InChI=1S/C20H24N2O/c1-2-14-8-9-16-11-19(23)18(12-21)20(17(16)10-14)22-13-15-6-4-3-5-7-15/h8-10,15,22H,2-7,11,13H2,1H3. The van der Waals surface area contributed by atoms with Gasteiger partial charge in [-0.1, -0.05) is 38.3 Å². The maximum atomic E-state index is 12.3. The van der Waals surface area contributed by atoms with E-state index in [1.54, 1.807) is 0 Å². The molecule has 23 heavy (non-hydrogen) atoms. The molecule has 1 N–H and O–H groups in total. The summed E-state index contributed by atoms with van der Waals surface area (Å²) in [5.74, 6) is 0.599. The van der Waals surface area contributed by atoms with Crippen LogP contribution in [0.2, 0.25) is 0 Å². The van der Waals surface area contributed by atoms with Crippen LogP contribution in [0, 0.1) is 17.2 Å². The average molecular weight is 308 g/mol. The van der Waals surface area contributed by atoms with Gasteiger partial charge in [0.1, 0.15) is 11.6 Å². The van der Waals surface area contributed by atoms with E-state index in [1.807, 2.05) is 6.07 Å². The normalized spacial score (nSPS) is 18.5. The molecule has 3 heteroatoms. The molecule has 0 radical (unpaired) electrons. The van der Waals surface area contributed by atoms with Crippen molar-refractivity contribution in [3.8, 4) is 6.07 Å². The third-order valence-corrected chi connectivity index (χ3v) is 5.14. The van der Waals surface area contributed by atoms with Crippen LogP contribution in [0.5, 0.6) is 0 Å². The summed E-state index contributed by atoms with van der Waals surface area (Å²) in [5, 5.41) is 12.9. The lowest BCUT2D eigenvalue weighted by atomic mass is 9.86. The van der Waals surface area contributed by atoms with Gasteiger partial charge >= 0.3 is 0 Å². The maximum absolute atomic E-state index is 12.3. The van der Waals surface area contributed by atoms with Crippen molar-refractivity contribution in [1.82, 2.24) is 5.32 Å². The predicted octanol–water partition coefficient (Wildman–Crippen LogP) is 3.78. The minimum atomic E-state index is -0.0598. The molecule has 3 nitrogen and oxygen atoms in total. The number of benzene rings is 1. The van der Waals surface area contributed by atoms with E-state index < -0.39 is 0 Å². The average Bonchev–Trinajstić information content (AvgIpc) is 2.59. The zero-order valence-corrected chi connectivity index (χ0v) is 13.8. The summed E-state index contributed by atoms with van der Waals surface area (Å²) in [6.07, 6.45) is 7.73. The van der Waals surface area contributed by atoms with E-state index in [9.17, 15) is 10.1 Å². The summed E-state index contributed by atoms with van der Waals surface area (Å²) in [6.45, 7) is 2.99. The van der Waals surface area contributed by atoms with Crippen LogP contribution in [0.1, 0.15) is 55.7 Å². The van der Waals surface area contributed by atoms with Crippen molar-refractivity contribution in [2.75, 3.05) is 6.54 Å². The van der Waals surface area contributed by atoms with Gasteiger partial charge in [-0.15, -0.1) is 0 Å². The van der Waals surface area contributed by atoms with Crippen molar-refractivity contribution < 1.29 is 4.79 Å². The van der Waals surface area contributed by atoms with E-state index in [1.165, 1.54) is 37.7 Å². The number of Topliss-reactive ketones (excluding diaryl/α,β-unsaturated/α-hetero) is 1. The fourth-order valence-corrected chi connectivity index (χ4v) is 3.71. The summed E-state index contributed by atoms with van der Waals surface area (Å²) in [5.41, 5.74) is 4.40. The number of carbonyl (C=O) groups is 1. The molecule has 0 aliphatic heterocycles. The van der Waals surface area contributed by atoms with Gasteiger partial charge < -0.3 is 5.32 Å². The number of aryl methyl sites for hydroxylation is 1. The number of rotatable bonds is 4. The van der Waals surface area contributed by atoms with Crippen molar-refractivity contribution in [2.45, 2.75) is 51.9 Å². The first-order chi connectivity index (χ1) is 11.2. The summed E-state index contributed by atoms with van der Waals surface area (Å²) in [6, 6.07) is 8.41. The van der Waals surface area contributed by atoms with E-state index in [2.05, 4.69) is 30.4 Å². The lowest BCUT2D eigenvalue weighted by Gasteiger charge is -2.26. The van der Waals surface area contributed by atoms with Crippen LogP contribution >= 0.6 is 0 Å². The van der Waals surface area contributed by atoms with Gasteiger partial charge in [0.2, 0.25) is 0 Å². The topological polar surface area (TPSA) is 52.9 Å². The van der Waals surface area contributed by atoms with E-state index >= 15 is 0 Å². The molecule has 1 aromatic rings. The molecule has 2 aliphatic carbocycles. The van der Waals surface area contributed by atoms with Gasteiger partial charge in [-0.05, 0) is 42.4 Å². The van der Waals surface area contributed by atoms with Gasteiger partial charge in [-0.3, -0.25) is 4.79 Å². The van der Waals surface area contributed by atoms with Crippen LogP contribution in [0.4, 0.5) is 0 Å². The van der Waals surface area contributed by atoms with Gasteiger partial charge in [0.15, 0.2) is 5.78 Å². The highest BCUT2D eigenvalue weighted by atomic mass is 16.1. The van der Waals surface area contributed by atoms with Crippen LogP contribution in [0.3, 0.4) is 0 Å². The van der Waals surface area contributed by atoms with Crippen molar-refractivity contribution in [3.05, 3.63) is 40.5 Å². The molecule has 2 aliphatic rings. The van der Waals surface area contributed by atoms with Crippen molar-refractivity contribution >= 4 is 11.5 Å². The molecule has 0 saturated heterocycles. The summed E-state index contributed by atoms with van der Waals surface area (Å²) >= 11 is 0. The lowest BCUT2D eigenvalue weighted by Crippen LogP contribution is -2.28. The number of carbonyl (C=O) groups excluding carboxylic acids is 1. The van der Waals surface area contributed by atoms with Gasteiger partial charge in [-0.2, -0.15) is 5.26 Å². The Labute approximate surface area is 138 Å². The highest BCUT2D eigenvalue weighted by Gasteiger charge is 2.26. The highest BCUT2D eigenvalue weighted by Crippen LogP contribution is 2.30. The van der Waals surface area contributed by atoms with Crippen molar-refractivity contribution in [3.63, 3.8) is 0 Å². The van der Waals surface area contributed by atoms with Gasteiger partial charge in [0, 0.05) is 18.5 Å². The Morgan fingerprint density at radius 2 is 2.04 bits per heavy atom. The van der Waals surface area contributed by atoms with Gasteiger partial charge in [0.05, 0.1) is 5.70 Å². The van der Waals surface area contributed by atoms with E-state index in [0.29, 0.717) is 17.9 Å².